The third-order valence-corrected chi connectivity index (χ3v) is 7.59. The first-order valence-electron chi connectivity index (χ1n) is 12.0. The highest BCUT2D eigenvalue weighted by Gasteiger charge is 2.29. The third-order valence-electron chi connectivity index (χ3n) is 7.59. The zero-order valence-corrected chi connectivity index (χ0v) is 19.2. The Morgan fingerprint density at radius 1 is 0.788 bits per heavy atom. The van der Waals surface area contributed by atoms with Crippen LogP contribution in [0.3, 0.4) is 0 Å². The van der Waals surface area contributed by atoms with Gasteiger partial charge in [-0.2, -0.15) is 0 Å². The molecule has 0 bridgehead atoms. The Kier molecular flexibility index (Phi) is 7.84. The molecule has 0 heterocycles. The van der Waals surface area contributed by atoms with Crippen LogP contribution in [0, 0.1) is 29.3 Å². The van der Waals surface area contributed by atoms with Gasteiger partial charge in [0.05, 0.1) is 13.7 Å². The summed E-state index contributed by atoms with van der Waals surface area (Å²) in [7, 11) is 1.49. The summed E-state index contributed by atoms with van der Waals surface area (Å²) in [5, 5.41) is 9.31. The SMILES string of the molecule is COc1ccc(OCC2CCC(c3ccc(C4CCC(CO)CC4)c(F)c3F)CC2)c(F)c1. The van der Waals surface area contributed by atoms with Crippen molar-refractivity contribution in [3.05, 3.63) is 58.9 Å². The van der Waals surface area contributed by atoms with Crippen LogP contribution in [-0.4, -0.2) is 25.4 Å². The van der Waals surface area contributed by atoms with Gasteiger partial charge in [0.25, 0.3) is 0 Å². The largest absolute Gasteiger partial charge is 0.497 e. The quantitative estimate of drug-likeness (QED) is 0.496. The first kappa shape index (κ1) is 23.9. The lowest BCUT2D eigenvalue weighted by Crippen LogP contribution is -2.21. The zero-order valence-electron chi connectivity index (χ0n) is 19.2. The van der Waals surface area contributed by atoms with Gasteiger partial charge in [0.1, 0.15) is 5.75 Å². The van der Waals surface area contributed by atoms with E-state index in [1.165, 1.54) is 13.2 Å². The highest BCUT2D eigenvalue weighted by Crippen LogP contribution is 2.41. The Balaban J connectivity index is 1.32. The zero-order chi connectivity index (χ0) is 23.4. The molecular weight excluding hydrogens is 429 g/mol. The molecule has 3 nitrogen and oxygen atoms in total. The Morgan fingerprint density at radius 3 is 1.82 bits per heavy atom. The summed E-state index contributed by atoms with van der Waals surface area (Å²) < 4.78 is 54.7. The number of ether oxygens (including phenoxy) is 2. The number of methoxy groups -OCH3 is 1. The molecule has 2 saturated carbocycles. The minimum atomic E-state index is -0.697. The van der Waals surface area contributed by atoms with Crippen LogP contribution in [-0.2, 0) is 0 Å². The van der Waals surface area contributed by atoms with E-state index in [0.717, 1.165) is 51.4 Å². The van der Waals surface area contributed by atoms with E-state index in [9.17, 15) is 13.9 Å². The van der Waals surface area contributed by atoms with E-state index in [-0.39, 0.29) is 36.0 Å². The number of aliphatic hydroxyl groups is 1. The predicted molar refractivity (Wildman–Crippen MR) is 121 cm³/mol. The van der Waals surface area contributed by atoms with E-state index in [4.69, 9.17) is 9.47 Å². The molecular formula is C27H33F3O3. The van der Waals surface area contributed by atoms with E-state index in [1.54, 1.807) is 24.3 Å². The van der Waals surface area contributed by atoms with Gasteiger partial charge in [-0.3, -0.25) is 0 Å². The van der Waals surface area contributed by atoms with Gasteiger partial charge in [-0.1, -0.05) is 12.1 Å². The summed E-state index contributed by atoms with van der Waals surface area (Å²) in [5.74, 6) is -0.628. The molecule has 2 aliphatic carbocycles. The molecule has 0 atom stereocenters. The third kappa shape index (κ3) is 5.48. The van der Waals surface area contributed by atoms with Gasteiger partial charge < -0.3 is 14.6 Å². The average molecular weight is 463 g/mol. The fourth-order valence-corrected chi connectivity index (χ4v) is 5.44. The molecule has 2 aromatic carbocycles. The minimum Gasteiger partial charge on any atom is -0.497 e. The molecule has 0 amide bonds. The van der Waals surface area contributed by atoms with E-state index in [0.29, 0.717) is 23.5 Å². The summed E-state index contributed by atoms with van der Waals surface area (Å²) in [4.78, 5) is 0. The summed E-state index contributed by atoms with van der Waals surface area (Å²) in [6.45, 7) is 0.577. The van der Waals surface area contributed by atoms with Crippen LogP contribution in [0.2, 0.25) is 0 Å². The second-order valence-corrected chi connectivity index (χ2v) is 9.60. The molecule has 0 saturated heterocycles. The van der Waals surface area contributed by atoms with Crippen molar-refractivity contribution in [3.63, 3.8) is 0 Å². The van der Waals surface area contributed by atoms with Gasteiger partial charge >= 0.3 is 0 Å². The van der Waals surface area contributed by atoms with Crippen LogP contribution in [0.5, 0.6) is 11.5 Å². The number of benzene rings is 2. The van der Waals surface area contributed by atoms with Crippen molar-refractivity contribution < 1.29 is 27.8 Å². The second-order valence-electron chi connectivity index (χ2n) is 9.60. The van der Waals surface area contributed by atoms with Gasteiger partial charge in [-0.15, -0.1) is 0 Å². The maximum atomic E-state index is 15.0. The average Bonchev–Trinajstić information content (AvgIpc) is 2.85. The maximum Gasteiger partial charge on any atom is 0.168 e. The molecule has 33 heavy (non-hydrogen) atoms. The Bertz CT molecular complexity index is 932. The first-order valence-corrected chi connectivity index (χ1v) is 12.0. The molecule has 2 fully saturated rings. The Hall–Kier alpha value is -2.21. The van der Waals surface area contributed by atoms with Gasteiger partial charge in [0.15, 0.2) is 23.2 Å². The first-order chi connectivity index (χ1) is 16.0. The Morgan fingerprint density at radius 2 is 1.33 bits per heavy atom. The smallest absolute Gasteiger partial charge is 0.168 e. The molecule has 1 N–H and O–H groups in total. The van der Waals surface area contributed by atoms with Crippen LogP contribution in [0.25, 0.3) is 0 Å². The number of aliphatic hydroxyl groups excluding tert-OH is 1. The Labute approximate surface area is 193 Å². The minimum absolute atomic E-state index is 0.00681. The molecule has 2 aliphatic rings. The van der Waals surface area contributed by atoms with Crippen molar-refractivity contribution in [2.75, 3.05) is 20.3 Å². The van der Waals surface area contributed by atoms with Crippen molar-refractivity contribution in [3.8, 4) is 11.5 Å². The molecule has 0 unspecified atom stereocenters. The van der Waals surface area contributed by atoms with Crippen LogP contribution in [0.4, 0.5) is 13.2 Å². The summed E-state index contributed by atoms with van der Waals surface area (Å²) in [6.07, 6.45) is 6.48. The van der Waals surface area contributed by atoms with Crippen LogP contribution < -0.4 is 9.47 Å². The van der Waals surface area contributed by atoms with Crippen molar-refractivity contribution in [2.45, 2.75) is 63.2 Å². The van der Waals surface area contributed by atoms with Gasteiger partial charge in [0.2, 0.25) is 0 Å². The number of halogens is 3. The molecule has 180 valence electrons. The van der Waals surface area contributed by atoms with Crippen LogP contribution >= 0.6 is 0 Å². The molecule has 0 aliphatic heterocycles. The monoisotopic (exact) mass is 462 g/mol. The molecule has 0 spiro atoms. The molecule has 0 radical (unpaired) electrons. The lowest BCUT2D eigenvalue weighted by molar-refractivity contribution is 0.181. The standard InChI is InChI=1S/C27H33F3O3/c1-32-21-10-13-25(24(28)14-21)33-16-18-4-8-20(9-5-18)23-12-11-22(26(29)27(23)30)19-6-2-17(15-31)3-7-19/h10-14,17-20,31H,2-9,15-16H2,1H3. The van der Waals surface area contributed by atoms with E-state index >= 15 is 4.39 Å². The molecule has 0 aromatic heterocycles. The lowest BCUT2D eigenvalue weighted by Gasteiger charge is -2.30. The second kappa shape index (κ2) is 10.8. The van der Waals surface area contributed by atoms with Gasteiger partial charge in [-0.25, -0.2) is 13.2 Å². The van der Waals surface area contributed by atoms with E-state index in [1.807, 2.05) is 0 Å². The predicted octanol–water partition coefficient (Wildman–Crippen LogP) is 6.73. The fraction of sp³-hybridized carbons (Fsp3) is 0.556. The summed E-state index contributed by atoms with van der Waals surface area (Å²) in [6, 6.07) is 8.08. The molecule has 4 rings (SSSR count). The number of hydrogen-bond donors (Lipinski definition) is 1. The van der Waals surface area contributed by atoms with Crippen molar-refractivity contribution in [1.82, 2.24) is 0 Å². The topological polar surface area (TPSA) is 38.7 Å². The van der Waals surface area contributed by atoms with E-state index in [2.05, 4.69) is 0 Å². The van der Waals surface area contributed by atoms with E-state index < -0.39 is 17.5 Å². The summed E-state index contributed by atoms with van der Waals surface area (Å²) in [5.41, 5.74) is 0.956. The van der Waals surface area contributed by atoms with Crippen LogP contribution in [0.15, 0.2) is 30.3 Å². The van der Waals surface area contributed by atoms with Crippen molar-refractivity contribution >= 4 is 0 Å². The number of hydrogen-bond acceptors (Lipinski definition) is 3. The van der Waals surface area contributed by atoms with Crippen molar-refractivity contribution in [2.24, 2.45) is 11.8 Å². The highest BCUT2D eigenvalue weighted by atomic mass is 19.2. The summed E-state index contributed by atoms with van der Waals surface area (Å²) >= 11 is 0. The fourth-order valence-electron chi connectivity index (χ4n) is 5.44. The van der Waals surface area contributed by atoms with Crippen molar-refractivity contribution in [1.29, 1.82) is 0 Å². The maximum absolute atomic E-state index is 15.0. The highest BCUT2D eigenvalue weighted by molar-refractivity contribution is 5.33. The number of rotatable bonds is 7. The van der Waals surface area contributed by atoms with Gasteiger partial charge in [-0.05, 0) is 98.3 Å². The molecule has 2 aromatic rings. The van der Waals surface area contributed by atoms with Crippen LogP contribution in [0.1, 0.15) is 74.3 Å². The lowest BCUT2D eigenvalue weighted by atomic mass is 9.76. The molecule has 6 heteroatoms. The van der Waals surface area contributed by atoms with Gasteiger partial charge in [0, 0.05) is 12.7 Å². The normalized spacial score (nSPS) is 25.6.